The summed E-state index contributed by atoms with van der Waals surface area (Å²) < 4.78 is 6.65. The number of hydrogen-bond donors (Lipinski definition) is 0. The molecule has 1 atom stereocenters. The molecule has 0 aromatic heterocycles. The first-order valence-corrected chi connectivity index (χ1v) is 6.79. The zero-order valence-electron chi connectivity index (χ0n) is 9.81. The lowest BCUT2D eigenvalue weighted by Gasteiger charge is -2.20. The van der Waals surface area contributed by atoms with Crippen molar-refractivity contribution in [1.29, 1.82) is 0 Å². The Morgan fingerprint density at radius 1 is 1.50 bits per heavy atom. The van der Waals surface area contributed by atoms with Gasteiger partial charge in [-0.1, -0.05) is 29.8 Å². The summed E-state index contributed by atoms with van der Waals surface area (Å²) in [7, 11) is 0. The van der Waals surface area contributed by atoms with Crippen LogP contribution in [0.4, 0.5) is 0 Å². The monoisotopic (exact) mass is 302 g/mol. The molecule has 0 radical (unpaired) electrons. The summed E-state index contributed by atoms with van der Waals surface area (Å²) in [6, 6.07) is 4.12. The average molecular weight is 304 g/mol. The molecule has 1 aromatic rings. The minimum absolute atomic E-state index is 0.0988. The third-order valence-electron chi connectivity index (χ3n) is 3.11. The summed E-state index contributed by atoms with van der Waals surface area (Å²) in [5.41, 5.74) is 2.69. The SMILES string of the molecule is CCOc1cc(Br)c2c(c1)C(Cl)CC2(C)C. The van der Waals surface area contributed by atoms with Crippen LogP contribution in [-0.2, 0) is 5.41 Å². The largest absolute Gasteiger partial charge is 0.494 e. The van der Waals surface area contributed by atoms with E-state index in [1.54, 1.807) is 0 Å². The zero-order valence-corrected chi connectivity index (χ0v) is 12.2. The molecule has 1 aliphatic rings. The van der Waals surface area contributed by atoms with Crippen LogP contribution in [0, 0.1) is 0 Å². The van der Waals surface area contributed by atoms with E-state index in [0.717, 1.165) is 16.6 Å². The highest BCUT2D eigenvalue weighted by molar-refractivity contribution is 9.10. The summed E-state index contributed by atoms with van der Waals surface area (Å²) in [5, 5.41) is 0.0988. The molecular weight excluding hydrogens is 287 g/mol. The molecule has 16 heavy (non-hydrogen) atoms. The predicted molar refractivity (Wildman–Crippen MR) is 71.5 cm³/mol. The summed E-state index contributed by atoms with van der Waals surface area (Å²) in [6.07, 6.45) is 0.984. The van der Waals surface area contributed by atoms with Crippen molar-refractivity contribution in [1.82, 2.24) is 0 Å². The van der Waals surface area contributed by atoms with Crippen LogP contribution in [-0.4, -0.2) is 6.61 Å². The first kappa shape index (κ1) is 12.3. The second-order valence-electron chi connectivity index (χ2n) is 4.86. The Labute approximate surface area is 110 Å². The molecule has 0 spiro atoms. The van der Waals surface area contributed by atoms with E-state index in [0.29, 0.717) is 6.61 Å². The lowest BCUT2D eigenvalue weighted by Crippen LogP contribution is -2.12. The molecule has 3 heteroatoms. The Balaban J connectivity index is 2.53. The van der Waals surface area contributed by atoms with Gasteiger partial charge in [-0.05, 0) is 42.0 Å². The van der Waals surface area contributed by atoms with Crippen LogP contribution in [0.2, 0.25) is 0 Å². The maximum Gasteiger partial charge on any atom is 0.120 e. The molecule has 1 aromatic carbocycles. The second kappa shape index (κ2) is 4.23. The highest BCUT2D eigenvalue weighted by Gasteiger charge is 2.37. The molecular formula is C13H16BrClO. The fourth-order valence-electron chi connectivity index (χ4n) is 2.47. The fraction of sp³-hybridized carbons (Fsp3) is 0.538. The standard InChI is InChI=1S/C13H16BrClO/c1-4-16-8-5-9-11(15)7-13(2,3)12(9)10(14)6-8/h5-6,11H,4,7H2,1-3H3. The molecule has 1 aliphatic carbocycles. The number of ether oxygens (including phenoxy) is 1. The number of benzene rings is 1. The highest BCUT2D eigenvalue weighted by Crippen LogP contribution is 2.51. The van der Waals surface area contributed by atoms with E-state index in [-0.39, 0.29) is 10.8 Å². The molecule has 0 saturated carbocycles. The van der Waals surface area contributed by atoms with Crippen molar-refractivity contribution in [3.8, 4) is 5.75 Å². The van der Waals surface area contributed by atoms with Crippen molar-refractivity contribution in [2.45, 2.75) is 38.0 Å². The van der Waals surface area contributed by atoms with Gasteiger partial charge in [-0.15, -0.1) is 11.6 Å². The van der Waals surface area contributed by atoms with Gasteiger partial charge in [0, 0.05) is 4.47 Å². The van der Waals surface area contributed by atoms with E-state index < -0.39 is 0 Å². The number of alkyl halides is 1. The molecule has 88 valence electrons. The normalized spacial score (nSPS) is 21.9. The predicted octanol–water partition coefficient (Wildman–Crippen LogP) is 4.81. The Bertz CT molecular complexity index is 415. The smallest absolute Gasteiger partial charge is 0.120 e. The van der Waals surface area contributed by atoms with Gasteiger partial charge in [-0.3, -0.25) is 0 Å². The van der Waals surface area contributed by atoms with Crippen molar-refractivity contribution < 1.29 is 4.74 Å². The summed E-state index contributed by atoms with van der Waals surface area (Å²) in [4.78, 5) is 0. The molecule has 0 fully saturated rings. The van der Waals surface area contributed by atoms with Gasteiger partial charge >= 0.3 is 0 Å². The number of halogens is 2. The summed E-state index contributed by atoms with van der Waals surface area (Å²) >= 11 is 10.0. The summed E-state index contributed by atoms with van der Waals surface area (Å²) in [5.74, 6) is 0.900. The van der Waals surface area contributed by atoms with Crippen molar-refractivity contribution in [2.24, 2.45) is 0 Å². The first-order chi connectivity index (χ1) is 7.45. The Kier molecular flexibility index (Phi) is 3.24. The summed E-state index contributed by atoms with van der Waals surface area (Å²) in [6.45, 7) is 7.14. The van der Waals surface area contributed by atoms with Crippen LogP contribution in [0.3, 0.4) is 0 Å². The van der Waals surface area contributed by atoms with Gasteiger partial charge in [0.25, 0.3) is 0 Å². The van der Waals surface area contributed by atoms with Gasteiger partial charge in [0.05, 0.1) is 12.0 Å². The molecule has 2 rings (SSSR count). The van der Waals surface area contributed by atoms with E-state index in [1.807, 2.05) is 13.0 Å². The third-order valence-corrected chi connectivity index (χ3v) is 4.12. The van der Waals surface area contributed by atoms with Crippen LogP contribution in [0.15, 0.2) is 16.6 Å². The second-order valence-corrected chi connectivity index (χ2v) is 6.24. The Morgan fingerprint density at radius 2 is 2.19 bits per heavy atom. The van der Waals surface area contributed by atoms with Gasteiger partial charge in [0.15, 0.2) is 0 Å². The maximum absolute atomic E-state index is 6.39. The van der Waals surface area contributed by atoms with E-state index in [2.05, 4.69) is 35.8 Å². The van der Waals surface area contributed by atoms with Crippen LogP contribution in [0.1, 0.15) is 43.7 Å². The molecule has 1 unspecified atom stereocenters. The molecule has 0 heterocycles. The van der Waals surface area contributed by atoms with Crippen molar-refractivity contribution in [3.05, 3.63) is 27.7 Å². The van der Waals surface area contributed by atoms with Crippen LogP contribution in [0.25, 0.3) is 0 Å². The third kappa shape index (κ3) is 1.98. The maximum atomic E-state index is 6.39. The quantitative estimate of drug-likeness (QED) is 0.713. The van der Waals surface area contributed by atoms with Crippen molar-refractivity contribution in [2.75, 3.05) is 6.61 Å². The minimum atomic E-state index is 0.0988. The van der Waals surface area contributed by atoms with Gasteiger partial charge in [0.1, 0.15) is 5.75 Å². The first-order valence-electron chi connectivity index (χ1n) is 5.56. The van der Waals surface area contributed by atoms with Crippen molar-refractivity contribution in [3.63, 3.8) is 0 Å². The number of hydrogen-bond acceptors (Lipinski definition) is 1. The van der Waals surface area contributed by atoms with Crippen LogP contribution in [0.5, 0.6) is 5.75 Å². The molecule has 0 N–H and O–H groups in total. The molecule has 0 aliphatic heterocycles. The van der Waals surface area contributed by atoms with E-state index in [1.165, 1.54) is 11.1 Å². The van der Waals surface area contributed by atoms with Crippen LogP contribution < -0.4 is 4.74 Å². The average Bonchev–Trinajstić information content (AvgIpc) is 2.37. The lowest BCUT2D eigenvalue weighted by atomic mass is 9.86. The number of fused-ring (bicyclic) bond motifs is 1. The molecule has 0 amide bonds. The van der Waals surface area contributed by atoms with E-state index in [9.17, 15) is 0 Å². The molecule has 0 bridgehead atoms. The van der Waals surface area contributed by atoms with Gasteiger partial charge in [-0.2, -0.15) is 0 Å². The van der Waals surface area contributed by atoms with E-state index in [4.69, 9.17) is 16.3 Å². The zero-order chi connectivity index (χ0) is 11.9. The lowest BCUT2D eigenvalue weighted by molar-refractivity contribution is 0.339. The topological polar surface area (TPSA) is 9.23 Å². The van der Waals surface area contributed by atoms with Gasteiger partial charge in [0.2, 0.25) is 0 Å². The number of rotatable bonds is 2. The minimum Gasteiger partial charge on any atom is -0.494 e. The fourth-order valence-corrected chi connectivity index (χ4v) is 4.02. The van der Waals surface area contributed by atoms with Gasteiger partial charge < -0.3 is 4.74 Å². The van der Waals surface area contributed by atoms with E-state index >= 15 is 0 Å². The highest BCUT2D eigenvalue weighted by atomic mass is 79.9. The Hall–Kier alpha value is -0.210. The van der Waals surface area contributed by atoms with Crippen LogP contribution >= 0.6 is 27.5 Å². The van der Waals surface area contributed by atoms with Crippen molar-refractivity contribution >= 4 is 27.5 Å². The van der Waals surface area contributed by atoms with Gasteiger partial charge in [-0.25, -0.2) is 0 Å². The molecule has 1 nitrogen and oxygen atoms in total. The Morgan fingerprint density at radius 3 is 2.81 bits per heavy atom. The molecule has 0 saturated heterocycles.